The first-order chi connectivity index (χ1) is 10.4. The molecule has 0 bridgehead atoms. The highest BCUT2D eigenvalue weighted by atomic mass is 16.2. The number of aromatic nitrogens is 4. The van der Waals surface area contributed by atoms with Crippen LogP contribution in [0.3, 0.4) is 0 Å². The SMILES string of the molecule is CCn1ncc(NC(=O)c2cnn(C)c2C)c1C(=O)N(C)C. The number of anilines is 1. The Labute approximate surface area is 128 Å². The van der Waals surface area contributed by atoms with Crippen LogP contribution in [0.2, 0.25) is 0 Å². The fourth-order valence-corrected chi connectivity index (χ4v) is 2.07. The molecule has 0 saturated heterocycles. The van der Waals surface area contributed by atoms with Gasteiger partial charge in [-0.05, 0) is 13.8 Å². The van der Waals surface area contributed by atoms with Gasteiger partial charge in [-0.2, -0.15) is 10.2 Å². The quantitative estimate of drug-likeness (QED) is 0.909. The molecule has 2 aromatic heterocycles. The van der Waals surface area contributed by atoms with Gasteiger partial charge >= 0.3 is 0 Å². The van der Waals surface area contributed by atoms with E-state index < -0.39 is 0 Å². The summed E-state index contributed by atoms with van der Waals surface area (Å²) < 4.78 is 3.18. The van der Waals surface area contributed by atoms with Crippen LogP contribution in [0, 0.1) is 6.92 Å². The zero-order chi connectivity index (χ0) is 16.4. The smallest absolute Gasteiger partial charge is 0.273 e. The Morgan fingerprint density at radius 2 is 1.95 bits per heavy atom. The highest BCUT2D eigenvalue weighted by Gasteiger charge is 2.22. The van der Waals surface area contributed by atoms with E-state index in [1.807, 2.05) is 13.8 Å². The van der Waals surface area contributed by atoms with Crippen LogP contribution < -0.4 is 5.32 Å². The molecule has 0 aliphatic rings. The average molecular weight is 304 g/mol. The first-order valence-electron chi connectivity index (χ1n) is 6.94. The molecule has 0 unspecified atom stereocenters. The lowest BCUT2D eigenvalue weighted by Crippen LogP contribution is -2.26. The molecule has 8 heteroatoms. The highest BCUT2D eigenvalue weighted by Crippen LogP contribution is 2.18. The largest absolute Gasteiger partial charge is 0.343 e. The maximum absolute atomic E-state index is 12.4. The fraction of sp³-hybridized carbons (Fsp3) is 0.429. The summed E-state index contributed by atoms with van der Waals surface area (Å²) >= 11 is 0. The zero-order valence-corrected chi connectivity index (χ0v) is 13.4. The first kappa shape index (κ1) is 15.7. The summed E-state index contributed by atoms with van der Waals surface area (Å²) in [5.74, 6) is -0.522. The van der Waals surface area contributed by atoms with E-state index in [0.717, 1.165) is 5.69 Å². The van der Waals surface area contributed by atoms with Gasteiger partial charge in [0.15, 0.2) is 0 Å². The molecule has 8 nitrogen and oxygen atoms in total. The van der Waals surface area contributed by atoms with Crippen molar-refractivity contribution in [1.29, 1.82) is 0 Å². The maximum Gasteiger partial charge on any atom is 0.273 e. The van der Waals surface area contributed by atoms with E-state index in [2.05, 4.69) is 15.5 Å². The van der Waals surface area contributed by atoms with Crippen molar-refractivity contribution in [3.05, 3.63) is 29.3 Å². The molecule has 2 aromatic rings. The Morgan fingerprint density at radius 3 is 2.45 bits per heavy atom. The minimum atomic E-state index is -0.311. The third-order valence-electron chi connectivity index (χ3n) is 3.48. The van der Waals surface area contributed by atoms with Crippen molar-refractivity contribution in [2.24, 2.45) is 7.05 Å². The number of rotatable bonds is 4. The Hall–Kier alpha value is -2.64. The number of hydrogen-bond donors (Lipinski definition) is 1. The van der Waals surface area contributed by atoms with E-state index in [-0.39, 0.29) is 11.8 Å². The van der Waals surface area contributed by atoms with Crippen LogP contribution in [-0.4, -0.2) is 50.4 Å². The number of nitrogens with one attached hydrogen (secondary N) is 1. The molecule has 0 fully saturated rings. The summed E-state index contributed by atoms with van der Waals surface area (Å²) in [6, 6.07) is 0. The van der Waals surface area contributed by atoms with E-state index in [9.17, 15) is 9.59 Å². The van der Waals surface area contributed by atoms with Crippen LogP contribution in [0.1, 0.15) is 33.5 Å². The number of hydrogen-bond acceptors (Lipinski definition) is 4. The molecule has 2 rings (SSSR count). The number of nitrogens with zero attached hydrogens (tertiary/aromatic N) is 5. The van der Waals surface area contributed by atoms with Crippen molar-refractivity contribution in [3.63, 3.8) is 0 Å². The summed E-state index contributed by atoms with van der Waals surface area (Å²) in [6.45, 7) is 4.23. The maximum atomic E-state index is 12.4. The van der Waals surface area contributed by atoms with E-state index in [4.69, 9.17) is 0 Å². The Bertz CT molecular complexity index is 713. The van der Waals surface area contributed by atoms with Gasteiger partial charge in [-0.15, -0.1) is 0 Å². The van der Waals surface area contributed by atoms with E-state index in [0.29, 0.717) is 23.5 Å². The number of amides is 2. The van der Waals surface area contributed by atoms with Gasteiger partial charge in [0.25, 0.3) is 11.8 Å². The van der Waals surface area contributed by atoms with Crippen molar-refractivity contribution in [2.75, 3.05) is 19.4 Å². The molecule has 22 heavy (non-hydrogen) atoms. The highest BCUT2D eigenvalue weighted by molar-refractivity contribution is 6.08. The summed E-state index contributed by atoms with van der Waals surface area (Å²) in [5, 5.41) is 10.9. The molecule has 118 valence electrons. The molecule has 0 aliphatic heterocycles. The molecule has 2 heterocycles. The first-order valence-corrected chi connectivity index (χ1v) is 6.94. The van der Waals surface area contributed by atoms with E-state index in [1.54, 1.807) is 30.5 Å². The minimum absolute atomic E-state index is 0.211. The van der Waals surface area contributed by atoms with Gasteiger partial charge in [0.2, 0.25) is 0 Å². The molecule has 0 spiro atoms. The molecule has 0 radical (unpaired) electrons. The third kappa shape index (κ3) is 2.72. The molecular formula is C14H20N6O2. The number of carbonyl (C=O) groups excluding carboxylic acids is 2. The molecular weight excluding hydrogens is 284 g/mol. The van der Waals surface area contributed by atoms with Gasteiger partial charge in [-0.1, -0.05) is 0 Å². The fourth-order valence-electron chi connectivity index (χ4n) is 2.07. The van der Waals surface area contributed by atoms with Gasteiger partial charge in [-0.3, -0.25) is 19.0 Å². The van der Waals surface area contributed by atoms with Gasteiger partial charge in [0, 0.05) is 33.4 Å². The van der Waals surface area contributed by atoms with Gasteiger partial charge < -0.3 is 10.2 Å². The summed E-state index contributed by atoms with van der Waals surface area (Å²) in [7, 11) is 5.08. The number of carbonyl (C=O) groups is 2. The lowest BCUT2D eigenvalue weighted by molar-refractivity contribution is 0.0816. The average Bonchev–Trinajstić information content (AvgIpc) is 3.02. The lowest BCUT2D eigenvalue weighted by Gasteiger charge is -2.13. The normalized spacial score (nSPS) is 10.6. The topological polar surface area (TPSA) is 85.0 Å². The summed E-state index contributed by atoms with van der Waals surface area (Å²) in [5.41, 5.74) is 1.98. The van der Waals surface area contributed by atoms with Crippen LogP contribution in [0.25, 0.3) is 0 Å². The summed E-state index contributed by atoms with van der Waals surface area (Å²) in [4.78, 5) is 26.1. The predicted octanol–water partition coefficient (Wildman–Crippen LogP) is 0.899. The van der Waals surface area contributed by atoms with Crippen LogP contribution >= 0.6 is 0 Å². The molecule has 0 saturated carbocycles. The van der Waals surface area contributed by atoms with Crippen molar-refractivity contribution in [3.8, 4) is 0 Å². The molecule has 0 aromatic carbocycles. The molecule has 1 N–H and O–H groups in total. The molecule has 0 aliphatic carbocycles. The Morgan fingerprint density at radius 1 is 1.27 bits per heavy atom. The molecule has 0 atom stereocenters. The van der Waals surface area contributed by atoms with Gasteiger partial charge in [0.1, 0.15) is 5.69 Å². The number of aryl methyl sites for hydroxylation is 2. The van der Waals surface area contributed by atoms with E-state index in [1.165, 1.54) is 17.3 Å². The second-order valence-corrected chi connectivity index (χ2v) is 5.14. The Balaban J connectivity index is 2.34. The van der Waals surface area contributed by atoms with Crippen LogP contribution in [0.4, 0.5) is 5.69 Å². The summed E-state index contributed by atoms with van der Waals surface area (Å²) in [6.07, 6.45) is 2.99. The standard InChI is InChI=1S/C14H20N6O2/c1-6-20-12(14(22)18(3)4)11(8-16-20)17-13(21)10-7-15-19(5)9(10)2/h7-8H,6H2,1-5H3,(H,17,21). The van der Waals surface area contributed by atoms with Crippen molar-refractivity contribution < 1.29 is 9.59 Å². The third-order valence-corrected chi connectivity index (χ3v) is 3.48. The Kier molecular flexibility index (Phi) is 4.30. The van der Waals surface area contributed by atoms with Crippen molar-refractivity contribution >= 4 is 17.5 Å². The monoisotopic (exact) mass is 304 g/mol. The van der Waals surface area contributed by atoms with Crippen LogP contribution in [0.15, 0.2) is 12.4 Å². The molecule has 2 amide bonds. The van der Waals surface area contributed by atoms with E-state index >= 15 is 0 Å². The van der Waals surface area contributed by atoms with Crippen molar-refractivity contribution in [2.45, 2.75) is 20.4 Å². The predicted molar refractivity (Wildman–Crippen MR) is 81.8 cm³/mol. The lowest BCUT2D eigenvalue weighted by atomic mass is 10.2. The second kappa shape index (κ2) is 6.00. The van der Waals surface area contributed by atoms with Crippen LogP contribution in [-0.2, 0) is 13.6 Å². The van der Waals surface area contributed by atoms with Crippen molar-refractivity contribution in [1.82, 2.24) is 24.5 Å². The zero-order valence-electron chi connectivity index (χ0n) is 13.4. The second-order valence-electron chi connectivity index (χ2n) is 5.14. The minimum Gasteiger partial charge on any atom is -0.343 e. The van der Waals surface area contributed by atoms with Crippen LogP contribution in [0.5, 0.6) is 0 Å². The van der Waals surface area contributed by atoms with Gasteiger partial charge in [-0.25, -0.2) is 0 Å². The van der Waals surface area contributed by atoms with Gasteiger partial charge in [0.05, 0.1) is 23.6 Å².